The first-order valence-electron chi connectivity index (χ1n) is 7.33. The molecule has 3 rings (SSSR count). The lowest BCUT2D eigenvalue weighted by atomic mass is 10.1. The number of hydrogen-bond acceptors (Lipinski definition) is 4. The van der Waals surface area contributed by atoms with Gasteiger partial charge in [-0.05, 0) is 29.8 Å². The van der Waals surface area contributed by atoms with E-state index in [1.807, 2.05) is 0 Å². The summed E-state index contributed by atoms with van der Waals surface area (Å²) in [5.74, 6) is 0. The van der Waals surface area contributed by atoms with Crippen LogP contribution in [-0.2, 0) is 22.6 Å². The van der Waals surface area contributed by atoms with Gasteiger partial charge in [0.25, 0.3) is 10.0 Å². The van der Waals surface area contributed by atoms with Crippen LogP contribution in [0.15, 0.2) is 52.9 Å². The number of alkyl halides is 3. The van der Waals surface area contributed by atoms with E-state index in [-0.39, 0.29) is 17.2 Å². The summed E-state index contributed by atoms with van der Waals surface area (Å²) < 4.78 is 65.5. The van der Waals surface area contributed by atoms with E-state index in [0.717, 1.165) is 23.9 Å². The molecular formula is C16H12ClF3N2O2S2. The van der Waals surface area contributed by atoms with Crippen LogP contribution in [0.1, 0.15) is 11.1 Å². The summed E-state index contributed by atoms with van der Waals surface area (Å²) in [5.41, 5.74) is 0.0346. The molecule has 0 aromatic heterocycles. The standard InChI is InChI=1S/C16H12ClF3N2O2S2/c17-12-5-2-6-13(9-12)21-15-22-26(23,24)14(25-15)8-10-3-1-4-11(7-10)16(18,19)20/h1-7,9,14H,8H2,(H,21,22). The monoisotopic (exact) mass is 420 g/mol. The molecule has 0 bridgehead atoms. The van der Waals surface area contributed by atoms with Crippen molar-refractivity contribution in [1.29, 1.82) is 0 Å². The lowest BCUT2D eigenvalue weighted by Gasteiger charge is -2.11. The van der Waals surface area contributed by atoms with Gasteiger partial charge in [0.05, 0.1) is 5.56 Å². The van der Waals surface area contributed by atoms with E-state index < -0.39 is 26.3 Å². The minimum atomic E-state index is -4.48. The maximum atomic E-state index is 12.8. The van der Waals surface area contributed by atoms with Crippen molar-refractivity contribution < 1.29 is 21.6 Å². The number of rotatable bonds is 3. The number of sulfonamides is 1. The van der Waals surface area contributed by atoms with Crippen molar-refractivity contribution in [3.8, 4) is 0 Å². The van der Waals surface area contributed by atoms with E-state index in [1.54, 1.807) is 24.3 Å². The number of amidine groups is 1. The third-order valence-corrected chi connectivity index (χ3v) is 7.00. The maximum absolute atomic E-state index is 12.8. The van der Waals surface area contributed by atoms with Gasteiger partial charge < -0.3 is 5.32 Å². The summed E-state index contributed by atoms with van der Waals surface area (Å²) in [6, 6.07) is 11.3. The molecule has 2 aromatic carbocycles. The zero-order valence-electron chi connectivity index (χ0n) is 13.0. The quantitative estimate of drug-likeness (QED) is 0.776. The minimum Gasteiger partial charge on any atom is -0.334 e. The highest BCUT2D eigenvalue weighted by atomic mass is 35.5. The summed E-state index contributed by atoms with van der Waals surface area (Å²) >= 11 is 6.83. The van der Waals surface area contributed by atoms with Crippen molar-refractivity contribution in [3.63, 3.8) is 0 Å². The van der Waals surface area contributed by atoms with Gasteiger partial charge in [-0.3, -0.25) is 0 Å². The average Bonchev–Trinajstić information content (AvgIpc) is 2.80. The molecule has 4 nitrogen and oxygen atoms in total. The summed E-state index contributed by atoms with van der Waals surface area (Å²) in [4.78, 5) is 0. The fourth-order valence-corrected chi connectivity index (χ4v) is 5.40. The van der Waals surface area contributed by atoms with Gasteiger partial charge in [-0.15, -0.1) is 4.40 Å². The highest BCUT2D eigenvalue weighted by molar-refractivity contribution is 8.25. The van der Waals surface area contributed by atoms with Crippen LogP contribution in [0.4, 0.5) is 18.9 Å². The van der Waals surface area contributed by atoms with Gasteiger partial charge in [0, 0.05) is 17.1 Å². The Balaban J connectivity index is 1.75. The zero-order valence-corrected chi connectivity index (χ0v) is 15.4. The Kier molecular flexibility index (Phi) is 5.23. The molecule has 26 heavy (non-hydrogen) atoms. The van der Waals surface area contributed by atoms with Crippen molar-refractivity contribution in [3.05, 3.63) is 64.7 Å². The summed E-state index contributed by atoms with van der Waals surface area (Å²) in [6.07, 6.45) is -4.56. The van der Waals surface area contributed by atoms with E-state index in [1.165, 1.54) is 12.1 Å². The molecule has 1 aliphatic rings. The Morgan fingerprint density at radius 1 is 1.15 bits per heavy atom. The van der Waals surface area contributed by atoms with Crippen molar-refractivity contribution in [1.82, 2.24) is 0 Å². The van der Waals surface area contributed by atoms with Gasteiger partial charge in [-0.2, -0.15) is 13.2 Å². The topological polar surface area (TPSA) is 58.5 Å². The molecule has 1 N–H and O–H groups in total. The zero-order chi connectivity index (χ0) is 18.9. The first-order chi connectivity index (χ1) is 12.1. The molecule has 0 aliphatic carbocycles. The molecule has 0 spiro atoms. The maximum Gasteiger partial charge on any atom is 0.416 e. The van der Waals surface area contributed by atoms with E-state index in [4.69, 9.17) is 11.6 Å². The van der Waals surface area contributed by atoms with Crippen LogP contribution in [0.25, 0.3) is 0 Å². The summed E-state index contributed by atoms with van der Waals surface area (Å²) in [6.45, 7) is 0. The minimum absolute atomic E-state index is 0.0822. The smallest absolute Gasteiger partial charge is 0.334 e. The molecule has 138 valence electrons. The molecular weight excluding hydrogens is 409 g/mol. The highest BCUT2D eigenvalue weighted by Gasteiger charge is 2.36. The Bertz CT molecular complexity index is 962. The second-order valence-corrected chi connectivity index (χ2v) is 9.20. The van der Waals surface area contributed by atoms with Crippen LogP contribution in [0, 0.1) is 0 Å². The van der Waals surface area contributed by atoms with Crippen molar-refractivity contribution in [2.75, 3.05) is 5.32 Å². The van der Waals surface area contributed by atoms with E-state index in [2.05, 4.69) is 9.71 Å². The number of halogens is 4. The Hall–Kier alpha value is -1.71. The first-order valence-corrected chi connectivity index (χ1v) is 10.1. The molecule has 0 saturated carbocycles. The highest BCUT2D eigenvalue weighted by Crippen LogP contribution is 2.34. The largest absolute Gasteiger partial charge is 0.416 e. The predicted octanol–water partition coefficient (Wildman–Crippen LogP) is 4.77. The van der Waals surface area contributed by atoms with Crippen LogP contribution >= 0.6 is 23.4 Å². The van der Waals surface area contributed by atoms with Gasteiger partial charge in [-0.25, -0.2) is 8.42 Å². The predicted molar refractivity (Wildman–Crippen MR) is 98.0 cm³/mol. The van der Waals surface area contributed by atoms with Crippen LogP contribution < -0.4 is 5.32 Å². The van der Waals surface area contributed by atoms with Crippen LogP contribution in [0.3, 0.4) is 0 Å². The number of anilines is 1. The number of thioether (sulfide) groups is 1. The molecule has 0 saturated heterocycles. The number of hydrogen-bond donors (Lipinski definition) is 1. The van der Waals surface area contributed by atoms with Crippen molar-refractivity contribution >= 4 is 44.2 Å². The molecule has 10 heteroatoms. The number of nitrogens with one attached hydrogen (secondary N) is 1. The molecule has 0 amide bonds. The third-order valence-electron chi connectivity index (χ3n) is 3.52. The second-order valence-electron chi connectivity index (χ2n) is 5.50. The Morgan fingerprint density at radius 3 is 2.58 bits per heavy atom. The lowest BCUT2D eigenvalue weighted by Crippen LogP contribution is -2.15. The fourth-order valence-electron chi connectivity index (χ4n) is 2.34. The number of benzene rings is 2. The summed E-state index contributed by atoms with van der Waals surface area (Å²) in [7, 11) is -3.84. The molecule has 1 heterocycles. The first kappa shape index (κ1) is 19.1. The van der Waals surface area contributed by atoms with Gasteiger partial charge in [0.2, 0.25) is 0 Å². The normalized spacial score (nSPS) is 19.2. The van der Waals surface area contributed by atoms with Gasteiger partial charge in [0.1, 0.15) is 4.58 Å². The summed E-state index contributed by atoms with van der Waals surface area (Å²) in [5, 5.41) is 3.49. The van der Waals surface area contributed by atoms with E-state index >= 15 is 0 Å². The average molecular weight is 421 g/mol. The van der Waals surface area contributed by atoms with Crippen LogP contribution in [-0.4, -0.2) is 18.2 Å². The third kappa shape index (κ3) is 4.52. The van der Waals surface area contributed by atoms with Crippen molar-refractivity contribution in [2.45, 2.75) is 17.2 Å². The Morgan fingerprint density at radius 2 is 1.88 bits per heavy atom. The molecule has 1 atom stereocenters. The molecule has 1 unspecified atom stereocenters. The van der Waals surface area contributed by atoms with Gasteiger partial charge in [0.15, 0.2) is 5.17 Å². The molecule has 0 radical (unpaired) electrons. The molecule has 0 fully saturated rings. The SMILES string of the molecule is O=S1(=O)N=C(Nc2cccc(Cl)c2)SC1Cc1cccc(C(F)(F)F)c1. The lowest BCUT2D eigenvalue weighted by molar-refractivity contribution is -0.137. The molecule has 2 aromatic rings. The van der Waals surface area contributed by atoms with E-state index in [0.29, 0.717) is 10.7 Å². The van der Waals surface area contributed by atoms with Crippen LogP contribution in [0.2, 0.25) is 5.02 Å². The van der Waals surface area contributed by atoms with Gasteiger partial charge in [-0.1, -0.05) is 47.6 Å². The van der Waals surface area contributed by atoms with Gasteiger partial charge >= 0.3 is 6.18 Å². The second kappa shape index (κ2) is 7.13. The van der Waals surface area contributed by atoms with Crippen LogP contribution in [0.5, 0.6) is 0 Å². The van der Waals surface area contributed by atoms with E-state index in [9.17, 15) is 21.6 Å². The molecule has 1 aliphatic heterocycles. The Labute approximate surface area is 157 Å². The fraction of sp³-hybridized carbons (Fsp3) is 0.188. The van der Waals surface area contributed by atoms with Crippen molar-refractivity contribution in [2.24, 2.45) is 4.40 Å². The number of nitrogens with zero attached hydrogens (tertiary/aromatic N) is 1.